The molecule has 0 saturated carbocycles. The van der Waals surface area contributed by atoms with Gasteiger partial charge in [-0.3, -0.25) is 4.79 Å². The molecule has 0 amide bonds. The number of carbonyl (C=O) groups excluding carboxylic acids is 1. The number of methoxy groups -OCH3 is 1. The van der Waals surface area contributed by atoms with Crippen molar-refractivity contribution in [3.63, 3.8) is 0 Å². The maximum absolute atomic E-state index is 11.2. The predicted molar refractivity (Wildman–Crippen MR) is 47.6 cm³/mol. The van der Waals surface area contributed by atoms with E-state index in [0.717, 1.165) is 12.0 Å². The zero-order valence-electron chi connectivity index (χ0n) is 7.76. The maximum Gasteiger partial charge on any atom is 0.316 e. The summed E-state index contributed by atoms with van der Waals surface area (Å²) < 4.78 is 4.68. The van der Waals surface area contributed by atoms with Gasteiger partial charge in [-0.05, 0) is 20.3 Å². The van der Waals surface area contributed by atoms with E-state index in [-0.39, 0.29) is 11.9 Å². The molecule has 0 aromatic carbocycles. The lowest BCUT2D eigenvalue weighted by molar-refractivity contribution is -0.142. The summed E-state index contributed by atoms with van der Waals surface area (Å²) in [7, 11) is 1.42. The molecule has 12 heavy (non-hydrogen) atoms. The van der Waals surface area contributed by atoms with Crippen LogP contribution in [-0.2, 0) is 9.53 Å². The molecule has 1 aliphatic carbocycles. The summed E-state index contributed by atoms with van der Waals surface area (Å²) in [5.74, 6) is -0.313. The highest BCUT2D eigenvalue weighted by atomic mass is 16.5. The minimum Gasteiger partial charge on any atom is -0.468 e. The summed E-state index contributed by atoms with van der Waals surface area (Å²) in [5.41, 5.74) is 2.40. The number of rotatable bonds is 1. The molecule has 0 saturated heterocycles. The molecule has 2 nitrogen and oxygen atoms in total. The number of hydrogen-bond acceptors (Lipinski definition) is 2. The molecule has 0 heterocycles. The number of allylic oxidation sites excluding steroid dienone is 2. The van der Waals surface area contributed by atoms with E-state index in [1.807, 2.05) is 19.1 Å². The minimum absolute atomic E-state index is 0.149. The topological polar surface area (TPSA) is 26.3 Å². The largest absolute Gasteiger partial charge is 0.468 e. The molecule has 1 atom stereocenters. The van der Waals surface area contributed by atoms with Crippen molar-refractivity contribution in [1.82, 2.24) is 0 Å². The average molecular weight is 166 g/mol. The van der Waals surface area contributed by atoms with E-state index in [0.29, 0.717) is 0 Å². The van der Waals surface area contributed by atoms with Crippen LogP contribution in [0, 0.1) is 5.92 Å². The van der Waals surface area contributed by atoms with Crippen molar-refractivity contribution in [3.05, 3.63) is 23.3 Å². The molecule has 0 bridgehead atoms. The summed E-state index contributed by atoms with van der Waals surface area (Å²) in [6.45, 7) is 4.04. The predicted octanol–water partition coefficient (Wildman–Crippen LogP) is 2.07. The average Bonchev–Trinajstić information content (AvgIpc) is 2.08. The Morgan fingerprint density at radius 1 is 1.58 bits per heavy atom. The summed E-state index contributed by atoms with van der Waals surface area (Å²) in [4.78, 5) is 11.2. The van der Waals surface area contributed by atoms with Gasteiger partial charge in [0, 0.05) is 0 Å². The SMILES string of the molecule is COC(=O)[C@H]1C=CCC(C)=C1C. The molecule has 0 aromatic rings. The minimum atomic E-state index is -0.164. The van der Waals surface area contributed by atoms with Gasteiger partial charge in [0.15, 0.2) is 0 Å². The molecular weight excluding hydrogens is 152 g/mol. The second-order valence-corrected chi connectivity index (χ2v) is 3.10. The van der Waals surface area contributed by atoms with Crippen LogP contribution in [0.1, 0.15) is 20.3 Å². The Morgan fingerprint density at radius 2 is 2.25 bits per heavy atom. The lowest BCUT2D eigenvalue weighted by Gasteiger charge is -2.17. The van der Waals surface area contributed by atoms with E-state index in [4.69, 9.17) is 0 Å². The van der Waals surface area contributed by atoms with Gasteiger partial charge < -0.3 is 4.74 Å². The van der Waals surface area contributed by atoms with Gasteiger partial charge in [-0.15, -0.1) is 0 Å². The number of carbonyl (C=O) groups is 1. The van der Waals surface area contributed by atoms with E-state index in [1.54, 1.807) is 0 Å². The molecule has 0 N–H and O–H groups in total. The first kappa shape index (κ1) is 9.04. The van der Waals surface area contributed by atoms with E-state index >= 15 is 0 Å². The van der Waals surface area contributed by atoms with Crippen LogP contribution in [0.2, 0.25) is 0 Å². The van der Waals surface area contributed by atoms with E-state index in [1.165, 1.54) is 12.7 Å². The third kappa shape index (κ3) is 1.58. The fourth-order valence-electron chi connectivity index (χ4n) is 1.33. The molecular formula is C10H14O2. The van der Waals surface area contributed by atoms with Crippen molar-refractivity contribution in [3.8, 4) is 0 Å². The Hall–Kier alpha value is -1.05. The zero-order valence-corrected chi connectivity index (χ0v) is 7.76. The number of ether oxygens (including phenoxy) is 1. The van der Waals surface area contributed by atoms with Crippen molar-refractivity contribution >= 4 is 5.97 Å². The highest BCUT2D eigenvalue weighted by molar-refractivity contribution is 5.78. The Kier molecular flexibility index (Phi) is 2.69. The quantitative estimate of drug-likeness (QED) is 0.440. The van der Waals surface area contributed by atoms with E-state index in [2.05, 4.69) is 11.7 Å². The summed E-state index contributed by atoms with van der Waals surface area (Å²) >= 11 is 0. The Bertz CT molecular complexity index is 249. The van der Waals surface area contributed by atoms with Gasteiger partial charge in [0.1, 0.15) is 0 Å². The first-order chi connectivity index (χ1) is 5.66. The molecule has 0 radical (unpaired) electrons. The smallest absolute Gasteiger partial charge is 0.316 e. The normalized spacial score (nSPS) is 22.8. The second-order valence-electron chi connectivity index (χ2n) is 3.10. The van der Waals surface area contributed by atoms with Crippen LogP contribution in [0.15, 0.2) is 23.3 Å². The molecule has 2 heteroatoms. The highest BCUT2D eigenvalue weighted by Crippen LogP contribution is 2.24. The number of esters is 1. The molecule has 0 spiro atoms. The Labute approximate surface area is 72.9 Å². The molecule has 1 rings (SSSR count). The molecule has 0 fully saturated rings. The lowest BCUT2D eigenvalue weighted by atomic mass is 9.90. The first-order valence-corrected chi connectivity index (χ1v) is 4.07. The van der Waals surface area contributed by atoms with Crippen molar-refractivity contribution in [2.45, 2.75) is 20.3 Å². The van der Waals surface area contributed by atoms with Crippen LogP contribution in [-0.4, -0.2) is 13.1 Å². The van der Waals surface area contributed by atoms with Crippen LogP contribution in [0.25, 0.3) is 0 Å². The van der Waals surface area contributed by atoms with Crippen LogP contribution in [0.5, 0.6) is 0 Å². The van der Waals surface area contributed by atoms with Gasteiger partial charge >= 0.3 is 5.97 Å². The van der Waals surface area contributed by atoms with Crippen molar-refractivity contribution in [1.29, 1.82) is 0 Å². The molecule has 1 aliphatic rings. The Balaban J connectivity index is 2.84. The molecule has 0 aromatic heterocycles. The van der Waals surface area contributed by atoms with Crippen LogP contribution in [0.4, 0.5) is 0 Å². The highest BCUT2D eigenvalue weighted by Gasteiger charge is 2.21. The summed E-state index contributed by atoms with van der Waals surface area (Å²) in [6.07, 6.45) is 4.89. The lowest BCUT2D eigenvalue weighted by Crippen LogP contribution is -2.17. The van der Waals surface area contributed by atoms with Crippen molar-refractivity contribution in [2.75, 3.05) is 7.11 Å². The van der Waals surface area contributed by atoms with Crippen LogP contribution < -0.4 is 0 Å². The van der Waals surface area contributed by atoms with E-state index < -0.39 is 0 Å². The monoisotopic (exact) mass is 166 g/mol. The fraction of sp³-hybridized carbons (Fsp3) is 0.500. The third-order valence-electron chi connectivity index (χ3n) is 2.35. The molecule has 66 valence electrons. The fourth-order valence-corrected chi connectivity index (χ4v) is 1.33. The standard InChI is InChI=1S/C10H14O2/c1-7-5-4-6-9(8(7)2)10(11)12-3/h4,6,9H,5H2,1-3H3/t9-/m0/s1. The first-order valence-electron chi connectivity index (χ1n) is 4.07. The van der Waals surface area contributed by atoms with Gasteiger partial charge in [-0.25, -0.2) is 0 Å². The van der Waals surface area contributed by atoms with Gasteiger partial charge in [0.25, 0.3) is 0 Å². The third-order valence-corrected chi connectivity index (χ3v) is 2.35. The van der Waals surface area contributed by atoms with Gasteiger partial charge in [0.05, 0.1) is 13.0 Å². The second kappa shape index (κ2) is 3.57. The molecule has 0 aliphatic heterocycles. The van der Waals surface area contributed by atoms with Gasteiger partial charge in [0.2, 0.25) is 0 Å². The van der Waals surface area contributed by atoms with Crippen molar-refractivity contribution in [2.24, 2.45) is 5.92 Å². The summed E-state index contributed by atoms with van der Waals surface area (Å²) in [5, 5.41) is 0. The van der Waals surface area contributed by atoms with Crippen LogP contribution in [0.3, 0.4) is 0 Å². The Morgan fingerprint density at radius 3 is 2.83 bits per heavy atom. The molecule has 0 unspecified atom stereocenters. The number of hydrogen-bond donors (Lipinski definition) is 0. The van der Waals surface area contributed by atoms with Crippen LogP contribution >= 0.6 is 0 Å². The zero-order chi connectivity index (χ0) is 9.14. The van der Waals surface area contributed by atoms with Gasteiger partial charge in [-0.2, -0.15) is 0 Å². The van der Waals surface area contributed by atoms with E-state index in [9.17, 15) is 4.79 Å². The van der Waals surface area contributed by atoms with Gasteiger partial charge in [-0.1, -0.05) is 23.3 Å². The maximum atomic E-state index is 11.2. The summed E-state index contributed by atoms with van der Waals surface area (Å²) in [6, 6.07) is 0. The van der Waals surface area contributed by atoms with Crippen molar-refractivity contribution < 1.29 is 9.53 Å².